The number of imide groups is 1. The van der Waals surface area contributed by atoms with E-state index in [0.717, 1.165) is 32.3 Å². The van der Waals surface area contributed by atoms with Gasteiger partial charge in [-0.2, -0.15) is 0 Å². The number of methoxy groups -OCH3 is 1. The Morgan fingerprint density at radius 1 is 1.18 bits per heavy atom. The second-order valence-corrected chi connectivity index (χ2v) is 7.66. The van der Waals surface area contributed by atoms with Crippen molar-refractivity contribution in [3.05, 3.63) is 69.0 Å². The molecular formula is C20H16BrNO5S. The molecule has 2 aromatic rings. The van der Waals surface area contributed by atoms with E-state index in [1.807, 2.05) is 30.3 Å². The first-order valence-corrected chi connectivity index (χ1v) is 9.87. The number of esters is 1. The van der Waals surface area contributed by atoms with Gasteiger partial charge in [0.25, 0.3) is 11.1 Å². The number of hydrogen-bond donors (Lipinski definition) is 0. The Labute approximate surface area is 174 Å². The van der Waals surface area contributed by atoms with Crippen molar-refractivity contribution in [3.8, 4) is 5.75 Å². The quantitative estimate of drug-likeness (QED) is 0.473. The number of amides is 2. The van der Waals surface area contributed by atoms with Crippen molar-refractivity contribution < 1.29 is 23.9 Å². The number of benzene rings is 2. The van der Waals surface area contributed by atoms with Crippen LogP contribution in [0, 0.1) is 0 Å². The van der Waals surface area contributed by atoms with E-state index in [-0.39, 0.29) is 4.91 Å². The summed E-state index contributed by atoms with van der Waals surface area (Å²) in [6.45, 7) is 0.0413. The highest BCUT2D eigenvalue weighted by atomic mass is 79.9. The molecule has 0 radical (unpaired) electrons. The molecule has 0 aromatic heterocycles. The average Bonchev–Trinajstić information content (AvgIpc) is 2.95. The summed E-state index contributed by atoms with van der Waals surface area (Å²) in [5, 5.41) is -0.497. The molecule has 0 aliphatic carbocycles. The van der Waals surface area contributed by atoms with E-state index >= 15 is 0 Å². The Hall–Kier alpha value is -2.58. The summed E-state index contributed by atoms with van der Waals surface area (Å²) in [6.07, 6.45) is 1.61. The van der Waals surface area contributed by atoms with E-state index in [2.05, 4.69) is 20.7 Å². The average molecular weight is 462 g/mol. The first kappa shape index (κ1) is 20.2. The van der Waals surface area contributed by atoms with Gasteiger partial charge in [-0.05, 0) is 57.0 Å². The summed E-state index contributed by atoms with van der Waals surface area (Å²) in [4.78, 5) is 36.8. The Morgan fingerprint density at radius 3 is 2.61 bits per heavy atom. The third-order valence-corrected chi connectivity index (χ3v) is 5.41. The molecular weight excluding hydrogens is 446 g/mol. The van der Waals surface area contributed by atoms with Gasteiger partial charge in [0.1, 0.15) is 18.9 Å². The molecule has 8 heteroatoms. The van der Waals surface area contributed by atoms with E-state index in [0.29, 0.717) is 12.4 Å². The SMILES string of the molecule is COC(=O)CN1C(=O)S/C(=C/c2ccc(OCc3ccccc3)c(Br)c2)C1=O. The highest BCUT2D eigenvalue weighted by molar-refractivity contribution is 9.10. The molecule has 1 fully saturated rings. The fourth-order valence-electron chi connectivity index (χ4n) is 2.44. The minimum Gasteiger partial charge on any atom is -0.488 e. The molecule has 28 heavy (non-hydrogen) atoms. The first-order valence-electron chi connectivity index (χ1n) is 8.26. The van der Waals surface area contributed by atoms with Crippen LogP contribution in [0.4, 0.5) is 4.79 Å². The van der Waals surface area contributed by atoms with Gasteiger partial charge in [0.05, 0.1) is 16.5 Å². The van der Waals surface area contributed by atoms with Gasteiger partial charge in [-0.1, -0.05) is 36.4 Å². The van der Waals surface area contributed by atoms with Crippen LogP contribution in [-0.2, 0) is 20.9 Å². The molecule has 1 aliphatic heterocycles. The maximum atomic E-state index is 12.4. The Balaban J connectivity index is 1.70. The van der Waals surface area contributed by atoms with Gasteiger partial charge in [-0.25, -0.2) is 0 Å². The number of rotatable bonds is 6. The maximum absolute atomic E-state index is 12.4. The summed E-state index contributed by atoms with van der Waals surface area (Å²) in [6, 6.07) is 15.2. The molecule has 2 amide bonds. The Bertz CT molecular complexity index is 945. The van der Waals surface area contributed by atoms with Crippen molar-refractivity contribution in [1.29, 1.82) is 0 Å². The lowest BCUT2D eigenvalue weighted by molar-refractivity contribution is -0.143. The van der Waals surface area contributed by atoms with Gasteiger partial charge in [-0.15, -0.1) is 0 Å². The second kappa shape index (κ2) is 9.07. The minimum absolute atomic E-state index is 0.249. The smallest absolute Gasteiger partial charge is 0.325 e. The molecule has 0 spiro atoms. The zero-order chi connectivity index (χ0) is 20.1. The lowest BCUT2D eigenvalue weighted by atomic mass is 10.2. The zero-order valence-corrected chi connectivity index (χ0v) is 17.3. The molecule has 1 aliphatic rings. The van der Waals surface area contributed by atoms with Crippen molar-refractivity contribution in [1.82, 2.24) is 4.90 Å². The molecule has 0 N–H and O–H groups in total. The van der Waals surface area contributed by atoms with Gasteiger partial charge >= 0.3 is 5.97 Å². The van der Waals surface area contributed by atoms with Gasteiger partial charge in [-0.3, -0.25) is 19.3 Å². The molecule has 2 aromatic carbocycles. The first-order chi connectivity index (χ1) is 13.5. The molecule has 0 saturated carbocycles. The summed E-state index contributed by atoms with van der Waals surface area (Å²) in [5.41, 5.74) is 1.78. The summed E-state index contributed by atoms with van der Waals surface area (Å²) in [7, 11) is 1.20. The standard InChI is InChI=1S/C20H16BrNO5S/c1-26-18(23)11-22-19(24)17(28-20(22)25)10-14-7-8-16(15(21)9-14)27-12-13-5-3-2-4-6-13/h2-10H,11-12H2,1H3/b17-10+. The molecule has 144 valence electrons. The molecule has 0 atom stereocenters. The van der Waals surface area contributed by atoms with Crippen LogP contribution in [0.1, 0.15) is 11.1 Å². The largest absolute Gasteiger partial charge is 0.488 e. The summed E-state index contributed by atoms with van der Waals surface area (Å²) >= 11 is 4.26. The van der Waals surface area contributed by atoms with Crippen molar-refractivity contribution in [2.45, 2.75) is 6.61 Å². The highest BCUT2D eigenvalue weighted by Crippen LogP contribution is 2.34. The molecule has 1 saturated heterocycles. The third kappa shape index (κ3) is 4.82. The predicted molar refractivity (Wildman–Crippen MR) is 110 cm³/mol. The lowest BCUT2D eigenvalue weighted by Crippen LogP contribution is -2.34. The Morgan fingerprint density at radius 2 is 1.93 bits per heavy atom. The number of thioether (sulfide) groups is 1. The number of carbonyl (C=O) groups is 3. The van der Waals surface area contributed by atoms with Gasteiger partial charge < -0.3 is 9.47 Å². The second-order valence-electron chi connectivity index (χ2n) is 5.81. The van der Waals surface area contributed by atoms with Crippen LogP contribution >= 0.6 is 27.7 Å². The number of halogens is 1. The van der Waals surface area contributed by atoms with E-state index in [1.54, 1.807) is 24.3 Å². The van der Waals surface area contributed by atoms with Crippen LogP contribution < -0.4 is 4.74 Å². The van der Waals surface area contributed by atoms with Crippen molar-refractivity contribution >= 4 is 50.9 Å². The van der Waals surface area contributed by atoms with Gasteiger partial charge in [0.2, 0.25) is 0 Å². The van der Waals surface area contributed by atoms with Gasteiger partial charge in [0.15, 0.2) is 0 Å². The maximum Gasteiger partial charge on any atom is 0.325 e. The highest BCUT2D eigenvalue weighted by Gasteiger charge is 2.36. The van der Waals surface area contributed by atoms with E-state index in [9.17, 15) is 14.4 Å². The van der Waals surface area contributed by atoms with E-state index in [4.69, 9.17) is 4.74 Å². The van der Waals surface area contributed by atoms with Crippen LogP contribution in [0.5, 0.6) is 5.75 Å². The molecule has 0 unspecified atom stereocenters. The van der Waals surface area contributed by atoms with Crippen molar-refractivity contribution in [2.24, 2.45) is 0 Å². The summed E-state index contributed by atoms with van der Waals surface area (Å²) < 4.78 is 11.0. The van der Waals surface area contributed by atoms with Crippen molar-refractivity contribution in [2.75, 3.05) is 13.7 Å². The fourth-order valence-corrected chi connectivity index (χ4v) is 3.79. The Kier molecular flexibility index (Phi) is 6.53. The topological polar surface area (TPSA) is 72.9 Å². The minimum atomic E-state index is -0.647. The third-order valence-electron chi connectivity index (χ3n) is 3.88. The van der Waals surface area contributed by atoms with E-state index < -0.39 is 23.7 Å². The lowest BCUT2D eigenvalue weighted by Gasteiger charge is -2.10. The molecule has 0 bridgehead atoms. The number of nitrogens with zero attached hydrogens (tertiary/aromatic N) is 1. The van der Waals surface area contributed by atoms with Crippen molar-refractivity contribution in [3.63, 3.8) is 0 Å². The monoisotopic (exact) mass is 461 g/mol. The van der Waals surface area contributed by atoms with Crippen LogP contribution in [0.25, 0.3) is 6.08 Å². The molecule has 3 rings (SSSR count). The number of carbonyl (C=O) groups excluding carboxylic acids is 3. The summed E-state index contributed by atoms with van der Waals surface area (Å²) in [5.74, 6) is -0.494. The normalized spacial score (nSPS) is 15.2. The van der Waals surface area contributed by atoms with Crippen LogP contribution in [0.3, 0.4) is 0 Å². The van der Waals surface area contributed by atoms with Gasteiger partial charge in [0, 0.05) is 0 Å². The van der Waals surface area contributed by atoms with E-state index in [1.165, 1.54) is 7.11 Å². The molecule has 6 nitrogen and oxygen atoms in total. The fraction of sp³-hybridized carbons (Fsp3) is 0.150. The molecule has 1 heterocycles. The van der Waals surface area contributed by atoms with Crippen LogP contribution in [-0.4, -0.2) is 35.7 Å². The van der Waals surface area contributed by atoms with Crippen LogP contribution in [0.15, 0.2) is 57.9 Å². The predicted octanol–water partition coefficient (Wildman–Crippen LogP) is 4.24. The van der Waals surface area contributed by atoms with Crippen LogP contribution in [0.2, 0.25) is 0 Å². The zero-order valence-electron chi connectivity index (χ0n) is 14.9. The number of ether oxygens (including phenoxy) is 2. The number of hydrogen-bond acceptors (Lipinski definition) is 6.